The van der Waals surface area contributed by atoms with Gasteiger partial charge in [0.15, 0.2) is 5.78 Å². The molecule has 3 aliphatic carbocycles. The lowest BCUT2D eigenvalue weighted by Crippen LogP contribution is -2.68. The van der Waals surface area contributed by atoms with Gasteiger partial charge < -0.3 is 5.11 Å². The summed E-state index contributed by atoms with van der Waals surface area (Å²) in [5.74, 6) is 0.634. The summed E-state index contributed by atoms with van der Waals surface area (Å²) in [6.07, 6.45) is 2.28. The maximum atomic E-state index is 11.3. The van der Waals surface area contributed by atoms with Gasteiger partial charge in [0.2, 0.25) is 0 Å². The zero-order chi connectivity index (χ0) is 8.28. The van der Waals surface area contributed by atoms with E-state index in [-0.39, 0.29) is 11.2 Å². The molecular formula is C9H14O2. The average molecular weight is 154 g/mol. The van der Waals surface area contributed by atoms with Crippen LogP contribution < -0.4 is 0 Å². The second-order valence-corrected chi connectivity index (χ2v) is 4.44. The average Bonchev–Trinajstić information content (AvgIpc) is 1.94. The molecule has 2 unspecified atom stereocenters. The van der Waals surface area contributed by atoms with Crippen molar-refractivity contribution in [1.29, 1.82) is 0 Å². The van der Waals surface area contributed by atoms with Crippen LogP contribution in [-0.2, 0) is 4.79 Å². The van der Waals surface area contributed by atoms with Gasteiger partial charge in [-0.1, -0.05) is 13.8 Å². The van der Waals surface area contributed by atoms with Gasteiger partial charge in [-0.3, -0.25) is 4.79 Å². The van der Waals surface area contributed by atoms with Crippen molar-refractivity contribution in [1.82, 2.24) is 0 Å². The molecule has 3 saturated carbocycles. The Morgan fingerprint density at radius 1 is 1.55 bits per heavy atom. The van der Waals surface area contributed by atoms with Crippen LogP contribution in [0.4, 0.5) is 0 Å². The second kappa shape index (κ2) is 1.69. The standard InChI is InChI=1S/C9H14O2/c1-8(2)6-3-4-7(10)9(8,11)5-6/h6,11H,3-5H2,1-2H3. The van der Waals surface area contributed by atoms with E-state index in [0.29, 0.717) is 18.8 Å². The van der Waals surface area contributed by atoms with Crippen molar-refractivity contribution >= 4 is 5.78 Å². The first kappa shape index (κ1) is 7.29. The number of Topliss-reactive ketones (excluding diaryl/α,β-unsaturated/α-hetero) is 1. The van der Waals surface area contributed by atoms with E-state index in [9.17, 15) is 9.90 Å². The Kier molecular flexibility index (Phi) is 1.12. The number of carbonyl (C=O) groups excluding carboxylic acids is 1. The first-order chi connectivity index (χ1) is 4.98. The van der Waals surface area contributed by atoms with Crippen LogP contribution in [0.5, 0.6) is 0 Å². The molecule has 11 heavy (non-hydrogen) atoms. The number of carbonyl (C=O) groups is 1. The molecule has 1 N–H and O–H groups in total. The van der Waals surface area contributed by atoms with E-state index in [0.717, 1.165) is 6.42 Å². The maximum absolute atomic E-state index is 11.3. The van der Waals surface area contributed by atoms with Gasteiger partial charge in [0.1, 0.15) is 5.60 Å². The molecule has 0 heterocycles. The van der Waals surface area contributed by atoms with E-state index < -0.39 is 5.60 Å². The highest BCUT2D eigenvalue weighted by Gasteiger charge is 2.65. The zero-order valence-electron chi connectivity index (χ0n) is 7.05. The Hall–Kier alpha value is -0.370. The highest BCUT2D eigenvalue weighted by atomic mass is 16.3. The predicted octanol–water partition coefficient (Wildman–Crippen LogP) is 1.13. The minimum atomic E-state index is -0.962. The third-order valence-electron chi connectivity index (χ3n) is 3.81. The molecule has 0 aromatic heterocycles. The second-order valence-electron chi connectivity index (χ2n) is 4.44. The summed E-state index contributed by atoms with van der Waals surface area (Å²) in [6.45, 7) is 4.00. The third kappa shape index (κ3) is 0.598. The lowest BCUT2D eigenvalue weighted by molar-refractivity contribution is -0.214. The number of ketones is 1. The molecule has 0 saturated heterocycles. The van der Waals surface area contributed by atoms with Crippen LogP contribution >= 0.6 is 0 Å². The predicted molar refractivity (Wildman–Crippen MR) is 41.1 cm³/mol. The van der Waals surface area contributed by atoms with Crippen molar-refractivity contribution < 1.29 is 9.90 Å². The van der Waals surface area contributed by atoms with Gasteiger partial charge in [-0.05, 0) is 18.8 Å². The molecule has 3 fully saturated rings. The van der Waals surface area contributed by atoms with Crippen LogP contribution in [0.2, 0.25) is 0 Å². The van der Waals surface area contributed by atoms with Crippen LogP contribution in [0.3, 0.4) is 0 Å². The number of rotatable bonds is 0. The summed E-state index contributed by atoms with van der Waals surface area (Å²) in [7, 11) is 0. The first-order valence-corrected chi connectivity index (χ1v) is 4.24. The Labute approximate surface area is 66.6 Å². The summed E-state index contributed by atoms with van der Waals surface area (Å²) < 4.78 is 0. The number of aliphatic hydroxyl groups is 1. The topological polar surface area (TPSA) is 37.3 Å². The van der Waals surface area contributed by atoms with Gasteiger partial charge in [0, 0.05) is 11.8 Å². The van der Waals surface area contributed by atoms with Gasteiger partial charge >= 0.3 is 0 Å². The number of hydrogen-bond donors (Lipinski definition) is 1. The fourth-order valence-electron chi connectivity index (χ4n) is 2.53. The Balaban J connectivity index is 2.36. The molecule has 3 rings (SSSR count). The summed E-state index contributed by atoms with van der Waals surface area (Å²) in [4.78, 5) is 11.3. The summed E-state index contributed by atoms with van der Waals surface area (Å²) in [5.41, 5.74) is -1.11. The fraction of sp³-hybridized carbons (Fsp3) is 0.889. The van der Waals surface area contributed by atoms with Gasteiger partial charge in [0.05, 0.1) is 0 Å². The zero-order valence-corrected chi connectivity index (χ0v) is 7.05. The van der Waals surface area contributed by atoms with E-state index in [1.807, 2.05) is 13.8 Å². The van der Waals surface area contributed by atoms with Gasteiger partial charge in [0.25, 0.3) is 0 Å². The van der Waals surface area contributed by atoms with E-state index in [4.69, 9.17) is 0 Å². The normalized spacial score (nSPS) is 46.8. The molecule has 62 valence electrons. The highest BCUT2D eigenvalue weighted by Crippen LogP contribution is 2.60. The SMILES string of the molecule is CC1(C)C2CCC(=O)C1(O)C2. The minimum absolute atomic E-state index is 0.0602. The molecule has 0 amide bonds. The first-order valence-electron chi connectivity index (χ1n) is 4.24. The molecule has 2 nitrogen and oxygen atoms in total. The number of fused-ring (bicyclic) bond motifs is 2. The monoisotopic (exact) mass is 154 g/mol. The molecule has 2 atom stereocenters. The van der Waals surface area contributed by atoms with Crippen molar-refractivity contribution in [3.05, 3.63) is 0 Å². The molecule has 0 aromatic rings. The van der Waals surface area contributed by atoms with Gasteiger partial charge in [-0.2, -0.15) is 0 Å². The van der Waals surface area contributed by atoms with Crippen molar-refractivity contribution in [3.8, 4) is 0 Å². The van der Waals surface area contributed by atoms with Crippen molar-refractivity contribution in [2.75, 3.05) is 0 Å². The molecule has 2 heteroatoms. The Bertz CT molecular complexity index is 220. The van der Waals surface area contributed by atoms with Crippen LogP contribution in [0.25, 0.3) is 0 Å². The summed E-state index contributed by atoms with van der Waals surface area (Å²) in [6, 6.07) is 0. The molecule has 2 bridgehead atoms. The Morgan fingerprint density at radius 3 is 2.55 bits per heavy atom. The quantitative estimate of drug-likeness (QED) is 0.568. The fourth-order valence-corrected chi connectivity index (χ4v) is 2.53. The molecule has 0 aliphatic heterocycles. The summed E-state index contributed by atoms with van der Waals surface area (Å²) in [5, 5.41) is 9.89. The van der Waals surface area contributed by atoms with Crippen LogP contribution in [0.1, 0.15) is 33.1 Å². The van der Waals surface area contributed by atoms with Crippen LogP contribution in [0.15, 0.2) is 0 Å². The molecular weight excluding hydrogens is 140 g/mol. The minimum Gasteiger partial charge on any atom is -0.381 e. The van der Waals surface area contributed by atoms with Crippen LogP contribution in [0, 0.1) is 11.3 Å². The van der Waals surface area contributed by atoms with Gasteiger partial charge in [-0.15, -0.1) is 0 Å². The van der Waals surface area contributed by atoms with Crippen molar-refractivity contribution in [2.45, 2.75) is 38.7 Å². The smallest absolute Gasteiger partial charge is 0.164 e. The van der Waals surface area contributed by atoms with Crippen LogP contribution in [-0.4, -0.2) is 16.5 Å². The van der Waals surface area contributed by atoms with E-state index >= 15 is 0 Å². The largest absolute Gasteiger partial charge is 0.381 e. The molecule has 0 aromatic carbocycles. The maximum Gasteiger partial charge on any atom is 0.164 e. The summed E-state index contributed by atoms with van der Waals surface area (Å²) >= 11 is 0. The van der Waals surface area contributed by atoms with E-state index in [1.165, 1.54) is 0 Å². The van der Waals surface area contributed by atoms with Gasteiger partial charge in [-0.25, -0.2) is 0 Å². The third-order valence-corrected chi connectivity index (χ3v) is 3.81. The Morgan fingerprint density at radius 2 is 2.18 bits per heavy atom. The van der Waals surface area contributed by atoms with Crippen molar-refractivity contribution in [2.24, 2.45) is 11.3 Å². The van der Waals surface area contributed by atoms with Crippen molar-refractivity contribution in [3.63, 3.8) is 0 Å². The highest BCUT2D eigenvalue weighted by molar-refractivity contribution is 5.90. The molecule has 0 spiro atoms. The lowest BCUT2D eigenvalue weighted by Gasteiger charge is -2.61. The lowest BCUT2D eigenvalue weighted by atomic mass is 9.45. The molecule has 0 radical (unpaired) electrons. The van der Waals surface area contributed by atoms with E-state index in [1.54, 1.807) is 0 Å². The van der Waals surface area contributed by atoms with E-state index in [2.05, 4.69) is 0 Å². The molecule has 3 aliphatic rings. The number of hydrogen-bond acceptors (Lipinski definition) is 2.